The third-order valence-corrected chi connectivity index (χ3v) is 4.48. The number of alkyl halides is 3. The number of carbonyl (C=O) groups is 1. The Morgan fingerprint density at radius 1 is 1.20 bits per heavy atom. The Labute approximate surface area is 171 Å². The Balaban J connectivity index is 1.86. The smallest absolute Gasteiger partial charge is 0.383 e. The van der Waals surface area contributed by atoms with E-state index in [1.807, 2.05) is 11.9 Å². The minimum Gasteiger partial charge on any atom is -0.383 e. The number of aromatic nitrogens is 1. The summed E-state index contributed by atoms with van der Waals surface area (Å²) in [5, 5.41) is 6.31. The minimum absolute atomic E-state index is 0.273. The van der Waals surface area contributed by atoms with Crippen LogP contribution in [0.4, 0.5) is 35.2 Å². The molecule has 2 aromatic rings. The van der Waals surface area contributed by atoms with Gasteiger partial charge in [-0.25, -0.2) is 9.78 Å². The standard InChI is InChI=1S/C20H20F3N5O2/c1-27(11-13-30-2)18-9-8-15(14-24-18)25-19(29)28(16-6-4-3-5-7-16)12-10-17(26-28)20(21,22)23/h3-10,12,14H,11,13H2,1-2H3/p+1/t28-/m1/s1. The Morgan fingerprint density at radius 2 is 1.93 bits per heavy atom. The van der Waals surface area contributed by atoms with Crippen LogP contribution in [0.1, 0.15) is 0 Å². The van der Waals surface area contributed by atoms with Gasteiger partial charge in [0.2, 0.25) is 5.71 Å². The van der Waals surface area contributed by atoms with Crippen LogP contribution in [-0.4, -0.2) is 50.2 Å². The van der Waals surface area contributed by atoms with Crippen LogP contribution in [0.3, 0.4) is 0 Å². The number of amides is 2. The van der Waals surface area contributed by atoms with Crippen molar-refractivity contribution in [3.8, 4) is 0 Å². The first kappa shape index (κ1) is 21.5. The summed E-state index contributed by atoms with van der Waals surface area (Å²) in [6.45, 7) is 1.16. The van der Waals surface area contributed by atoms with Crippen LogP contribution >= 0.6 is 0 Å². The van der Waals surface area contributed by atoms with Crippen molar-refractivity contribution < 1.29 is 22.7 Å². The average Bonchev–Trinajstić information content (AvgIpc) is 3.21. The molecule has 158 valence electrons. The van der Waals surface area contributed by atoms with Crippen LogP contribution in [-0.2, 0) is 4.74 Å². The summed E-state index contributed by atoms with van der Waals surface area (Å²) in [4.78, 5) is 19.2. The van der Waals surface area contributed by atoms with E-state index in [4.69, 9.17) is 4.74 Å². The van der Waals surface area contributed by atoms with Gasteiger partial charge in [-0.2, -0.15) is 13.2 Å². The van der Waals surface area contributed by atoms with Gasteiger partial charge in [0.05, 0.1) is 18.5 Å². The summed E-state index contributed by atoms with van der Waals surface area (Å²) in [5.74, 6) is 0.662. The second-order valence-corrected chi connectivity index (χ2v) is 6.57. The van der Waals surface area contributed by atoms with Gasteiger partial charge in [-0.15, -0.1) is 0 Å². The van der Waals surface area contributed by atoms with Gasteiger partial charge < -0.3 is 9.64 Å². The predicted octanol–water partition coefficient (Wildman–Crippen LogP) is 4.15. The lowest BCUT2D eigenvalue weighted by Crippen LogP contribution is -2.46. The summed E-state index contributed by atoms with van der Waals surface area (Å²) in [7, 11) is 3.45. The van der Waals surface area contributed by atoms with E-state index < -0.39 is 22.5 Å². The second-order valence-electron chi connectivity index (χ2n) is 6.57. The fourth-order valence-electron chi connectivity index (χ4n) is 2.83. The number of likely N-dealkylation sites (N-methyl/N-ethyl adjacent to an activating group) is 1. The summed E-state index contributed by atoms with van der Waals surface area (Å²) in [6, 6.07) is 10.6. The molecule has 1 aromatic heterocycles. The predicted molar refractivity (Wildman–Crippen MR) is 109 cm³/mol. The van der Waals surface area contributed by atoms with Gasteiger partial charge in [0.25, 0.3) is 0 Å². The Hall–Kier alpha value is -3.24. The van der Waals surface area contributed by atoms with Crippen LogP contribution in [0.5, 0.6) is 0 Å². The van der Waals surface area contributed by atoms with Crippen LogP contribution in [0.2, 0.25) is 0 Å². The zero-order valence-corrected chi connectivity index (χ0v) is 16.4. The molecular formula is C20H21F3N5O2+. The molecular weight excluding hydrogens is 399 g/mol. The number of benzene rings is 1. The largest absolute Gasteiger partial charge is 0.457 e. The SMILES string of the molecule is COCCN(C)c1ccc(NC(=O)[N@+]2(c3ccccc3)C=CC(C(F)(F)F)=N2)cn1. The van der Waals surface area contributed by atoms with Crippen LogP contribution in [0, 0.1) is 0 Å². The van der Waals surface area contributed by atoms with Crippen molar-refractivity contribution >= 4 is 28.9 Å². The number of para-hydroxylation sites is 1. The maximum Gasteiger partial charge on any atom is 0.457 e. The van der Waals surface area contributed by atoms with Crippen molar-refractivity contribution in [2.75, 3.05) is 37.5 Å². The van der Waals surface area contributed by atoms with Crippen molar-refractivity contribution in [2.45, 2.75) is 6.18 Å². The molecule has 0 saturated carbocycles. The second kappa shape index (κ2) is 8.64. The van der Waals surface area contributed by atoms with Crippen molar-refractivity contribution in [1.29, 1.82) is 0 Å². The number of carbonyl (C=O) groups excluding carboxylic acids is 1. The number of urea groups is 1. The Kier molecular flexibility index (Phi) is 6.18. The van der Waals surface area contributed by atoms with E-state index in [0.717, 1.165) is 12.3 Å². The average molecular weight is 420 g/mol. The number of quaternary nitrogens is 1. The van der Waals surface area contributed by atoms with E-state index >= 15 is 0 Å². The van der Waals surface area contributed by atoms with Gasteiger partial charge in [-0.3, -0.25) is 5.32 Å². The molecule has 1 N–H and O–H groups in total. The summed E-state index contributed by atoms with van der Waals surface area (Å²) in [5.41, 5.74) is -0.523. The van der Waals surface area contributed by atoms with Gasteiger partial charge in [0.1, 0.15) is 12.0 Å². The fraction of sp³-hybridized carbons (Fsp3) is 0.250. The zero-order chi connectivity index (χ0) is 21.8. The normalized spacial score (nSPS) is 18.2. The number of hydrogen-bond acceptors (Lipinski definition) is 5. The molecule has 0 aliphatic carbocycles. The maximum absolute atomic E-state index is 13.2. The molecule has 0 spiro atoms. The lowest BCUT2D eigenvalue weighted by molar-refractivity contribution is -0.0580. The van der Waals surface area contributed by atoms with Crippen LogP contribution < -0.4 is 14.8 Å². The number of pyridine rings is 1. The molecule has 2 heterocycles. The number of hydrogen-bond donors (Lipinski definition) is 1. The van der Waals surface area contributed by atoms with Gasteiger partial charge in [0.15, 0.2) is 5.69 Å². The molecule has 10 heteroatoms. The maximum atomic E-state index is 13.2. The number of allylic oxidation sites excluding steroid dienone is 1. The lowest BCUT2D eigenvalue weighted by atomic mass is 10.3. The Bertz CT molecular complexity index is 945. The van der Waals surface area contributed by atoms with Crippen molar-refractivity contribution in [1.82, 2.24) is 9.58 Å². The van der Waals surface area contributed by atoms with E-state index in [2.05, 4.69) is 15.4 Å². The highest BCUT2D eigenvalue weighted by atomic mass is 19.4. The van der Waals surface area contributed by atoms with Crippen LogP contribution in [0.15, 0.2) is 66.0 Å². The first-order valence-corrected chi connectivity index (χ1v) is 9.05. The molecule has 2 amide bonds. The lowest BCUT2D eigenvalue weighted by Gasteiger charge is -2.23. The van der Waals surface area contributed by atoms with Gasteiger partial charge in [0, 0.05) is 38.9 Å². The minimum atomic E-state index is -4.67. The molecule has 1 atom stereocenters. The molecule has 7 nitrogen and oxygen atoms in total. The number of rotatable bonds is 6. The van der Waals surface area contributed by atoms with Gasteiger partial charge in [-0.05, 0) is 12.1 Å². The number of nitrogens with zero attached hydrogens (tertiary/aromatic N) is 4. The summed E-state index contributed by atoms with van der Waals surface area (Å²) >= 11 is 0. The molecule has 1 aliphatic rings. The number of anilines is 2. The highest BCUT2D eigenvalue weighted by Crippen LogP contribution is 2.33. The van der Waals surface area contributed by atoms with E-state index in [0.29, 0.717) is 24.7 Å². The molecule has 0 bridgehead atoms. The highest BCUT2D eigenvalue weighted by molar-refractivity contribution is 6.08. The summed E-state index contributed by atoms with van der Waals surface area (Å²) in [6.07, 6.45) is -1.32. The zero-order valence-electron chi connectivity index (χ0n) is 16.4. The molecule has 30 heavy (non-hydrogen) atoms. The molecule has 3 rings (SSSR count). The van der Waals surface area contributed by atoms with Gasteiger partial charge >= 0.3 is 12.2 Å². The molecule has 1 aliphatic heterocycles. The first-order chi connectivity index (χ1) is 14.3. The third kappa shape index (κ3) is 4.50. The van der Waals surface area contributed by atoms with E-state index in [9.17, 15) is 18.0 Å². The van der Waals surface area contributed by atoms with Crippen molar-refractivity contribution in [2.24, 2.45) is 5.10 Å². The molecule has 0 saturated heterocycles. The molecule has 1 aromatic carbocycles. The fourth-order valence-corrected chi connectivity index (χ4v) is 2.83. The monoisotopic (exact) mass is 420 g/mol. The van der Waals surface area contributed by atoms with E-state index in [-0.39, 0.29) is 5.69 Å². The molecule has 0 radical (unpaired) electrons. The molecule has 0 fully saturated rings. The topological polar surface area (TPSA) is 66.8 Å². The van der Waals surface area contributed by atoms with E-state index in [1.54, 1.807) is 49.6 Å². The number of halogens is 3. The van der Waals surface area contributed by atoms with Crippen molar-refractivity contribution in [3.05, 3.63) is 60.9 Å². The number of nitrogens with one attached hydrogen (secondary N) is 1. The van der Waals surface area contributed by atoms with E-state index in [1.165, 1.54) is 6.20 Å². The molecule has 0 unspecified atom stereocenters. The highest BCUT2D eigenvalue weighted by Gasteiger charge is 2.48. The number of ether oxygens (including phenoxy) is 1. The summed E-state index contributed by atoms with van der Waals surface area (Å²) < 4.78 is 43.6. The van der Waals surface area contributed by atoms with Gasteiger partial charge in [-0.1, -0.05) is 27.9 Å². The van der Waals surface area contributed by atoms with Crippen molar-refractivity contribution in [3.63, 3.8) is 0 Å². The van der Waals surface area contributed by atoms with Crippen LogP contribution in [0.25, 0.3) is 0 Å². The third-order valence-electron chi connectivity index (χ3n) is 4.48. The number of methoxy groups -OCH3 is 1. The Morgan fingerprint density at radius 3 is 2.50 bits per heavy atom. The first-order valence-electron chi connectivity index (χ1n) is 9.05. The quantitative estimate of drug-likeness (QED) is 0.713.